The molecule has 0 aliphatic heterocycles. The summed E-state index contributed by atoms with van der Waals surface area (Å²) in [6.45, 7) is -5.22. The van der Waals surface area contributed by atoms with Crippen LogP contribution < -0.4 is 57.1 Å². The van der Waals surface area contributed by atoms with E-state index in [4.69, 9.17) is 0 Å². The Kier molecular flexibility index (Phi) is 8.19. The topological polar surface area (TPSA) is 46.3 Å². The summed E-state index contributed by atoms with van der Waals surface area (Å²) < 4.78 is 34.9. The standard InChI is InChI=1S/C4H9BF3N2O.K/c1-10(2-4(9)11)3-5(6,7)8;/h2-3H2,1H3,(H2,9,11);/q-1;+1. The van der Waals surface area contributed by atoms with Crippen LogP contribution in [-0.2, 0) is 4.79 Å². The number of primary amides is 1. The van der Waals surface area contributed by atoms with Crippen LogP contribution >= 0.6 is 0 Å². The molecule has 0 atom stereocenters. The zero-order valence-electron chi connectivity index (χ0n) is 7.06. The zero-order chi connectivity index (χ0) is 9.07. The van der Waals surface area contributed by atoms with Crippen molar-refractivity contribution in [2.24, 2.45) is 5.73 Å². The van der Waals surface area contributed by atoms with Crippen molar-refractivity contribution in [2.75, 3.05) is 20.0 Å². The molecule has 0 aromatic rings. The van der Waals surface area contributed by atoms with Gasteiger partial charge in [0.1, 0.15) is 0 Å². The fraction of sp³-hybridized carbons (Fsp3) is 0.750. The van der Waals surface area contributed by atoms with Crippen LogP contribution in [0.3, 0.4) is 0 Å². The number of nitrogens with zero attached hydrogens (tertiary/aromatic N) is 1. The van der Waals surface area contributed by atoms with Crippen molar-refractivity contribution in [1.29, 1.82) is 0 Å². The van der Waals surface area contributed by atoms with Crippen molar-refractivity contribution in [3.8, 4) is 0 Å². The Bertz CT molecular complexity index is 154. The van der Waals surface area contributed by atoms with E-state index in [1.54, 1.807) is 0 Å². The van der Waals surface area contributed by atoms with Crippen LogP contribution in [0.2, 0.25) is 0 Å². The molecule has 0 radical (unpaired) electrons. The number of likely N-dealkylation sites (N-methyl/N-ethyl adjacent to an activating group) is 1. The monoisotopic (exact) mass is 208 g/mol. The summed E-state index contributed by atoms with van der Waals surface area (Å²) in [6.07, 6.45) is -1.05. The molecule has 0 fully saturated rings. The number of amides is 1. The summed E-state index contributed by atoms with van der Waals surface area (Å²) in [5.74, 6) is -0.757. The smallest absolute Gasteiger partial charge is 0.448 e. The molecule has 3 nitrogen and oxygen atoms in total. The Morgan fingerprint density at radius 1 is 1.50 bits per heavy atom. The quantitative estimate of drug-likeness (QED) is 0.494. The Hall–Kier alpha value is 0.921. The third-order valence-corrected chi connectivity index (χ3v) is 0.944. The normalized spacial score (nSPS) is 11.1. The van der Waals surface area contributed by atoms with Gasteiger partial charge < -0.3 is 23.6 Å². The van der Waals surface area contributed by atoms with Crippen LogP contribution in [0.25, 0.3) is 0 Å². The van der Waals surface area contributed by atoms with Crippen LogP contribution in [-0.4, -0.2) is 37.8 Å². The van der Waals surface area contributed by atoms with Crippen molar-refractivity contribution in [3.63, 3.8) is 0 Å². The van der Waals surface area contributed by atoms with Gasteiger partial charge in [0.15, 0.2) is 0 Å². The number of carbonyl (C=O) groups is 1. The van der Waals surface area contributed by atoms with Crippen molar-refractivity contribution < 1.29 is 69.1 Å². The van der Waals surface area contributed by atoms with Crippen molar-refractivity contribution in [1.82, 2.24) is 4.90 Å². The van der Waals surface area contributed by atoms with Crippen LogP contribution in [0, 0.1) is 0 Å². The van der Waals surface area contributed by atoms with Crippen molar-refractivity contribution in [3.05, 3.63) is 0 Å². The number of hydrogen-bond donors (Lipinski definition) is 1. The first-order valence-corrected chi connectivity index (χ1v) is 2.99. The Balaban J connectivity index is 0. The molecule has 1 amide bonds. The summed E-state index contributed by atoms with van der Waals surface area (Å²) in [4.78, 5) is 11.0. The molecule has 0 aliphatic rings. The van der Waals surface area contributed by atoms with E-state index >= 15 is 0 Å². The van der Waals surface area contributed by atoms with Crippen LogP contribution in [0.4, 0.5) is 12.9 Å². The number of hydrogen-bond acceptors (Lipinski definition) is 2. The summed E-state index contributed by atoms with van der Waals surface area (Å²) in [5.41, 5.74) is 4.67. The fourth-order valence-corrected chi connectivity index (χ4v) is 0.684. The predicted molar refractivity (Wildman–Crippen MR) is 35.8 cm³/mol. The minimum Gasteiger partial charge on any atom is -0.448 e. The molecule has 0 saturated heterocycles. The van der Waals surface area contributed by atoms with Gasteiger partial charge in [0, 0.05) is 0 Å². The zero-order valence-corrected chi connectivity index (χ0v) is 10.2. The van der Waals surface area contributed by atoms with Crippen molar-refractivity contribution in [2.45, 2.75) is 0 Å². The van der Waals surface area contributed by atoms with E-state index in [1.165, 1.54) is 7.05 Å². The van der Waals surface area contributed by atoms with Gasteiger partial charge in [-0.15, -0.1) is 0 Å². The Labute approximate surface area is 111 Å². The van der Waals surface area contributed by atoms with Crippen molar-refractivity contribution >= 4 is 12.9 Å². The fourth-order valence-electron chi connectivity index (χ4n) is 0.684. The second kappa shape index (κ2) is 6.39. The van der Waals surface area contributed by atoms with Gasteiger partial charge in [-0.25, -0.2) is 0 Å². The Morgan fingerprint density at radius 2 is 1.92 bits per heavy atom. The minimum atomic E-state index is -4.86. The second-order valence-corrected chi connectivity index (χ2v) is 2.37. The molecule has 12 heavy (non-hydrogen) atoms. The van der Waals surface area contributed by atoms with E-state index in [-0.39, 0.29) is 57.9 Å². The molecule has 0 saturated carbocycles. The first-order valence-electron chi connectivity index (χ1n) is 2.99. The number of carbonyl (C=O) groups excluding carboxylic acids is 1. The summed E-state index contributed by atoms with van der Waals surface area (Å²) in [7, 11) is 1.19. The first-order chi connectivity index (χ1) is 4.81. The SMILES string of the molecule is CN(CC(N)=O)C[B-](F)(F)F.[K+]. The van der Waals surface area contributed by atoms with Gasteiger partial charge in [0.2, 0.25) is 5.91 Å². The molecule has 0 aromatic heterocycles. The van der Waals surface area contributed by atoms with Crippen LogP contribution in [0.5, 0.6) is 0 Å². The van der Waals surface area contributed by atoms with Gasteiger partial charge in [-0.1, -0.05) is 0 Å². The van der Waals surface area contributed by atoms with Gasteiger partial charge in [-0.3, -0.25) is 4.79 Å². The van der Waals surface area contributed by atoms with Gasteiger partial charge in [-0.05, 0) is 13.5 Å². The first kappa shape index (κ1) is 15.4. The predicted octanol–water partition coefficient (Wildman–Crippen LogP) is -3.21. The molecule has 0 aliphatic carbocycles. The van der Waals surface area contributed by atoms with E-state index in [0.717, 1.165) is 4.90 Å². The molecule has 0 unspecified atom stereocenters. The van der Waals surface area contributed by atoms with Gasteiger partial charge >= 0.3 is 58.4 Å². The summed E-state index contributed by atoms with van der Waals surface area (Å²) in [6, 6.07) is 0. The second-order valence-electron chi connectivity index (χ2n) is 2.37. The maximum atomic E-state index is 11.6. The molecule has 8 heteroatoms. The molecule has 66 valence electrons. The molecule has 0 aromatic carbocycles. The molecular weight excluding hydrogens is 199 g/mol. The molecular formula is C4H9BF3KN2O. The summed E-state index contributed by atoms with van der Waals surface area (Å²) in [5, 5.41) is 0. The van der Waals surface area contributed by atoms with E-state index in [1.807, 2.05) is 0 Å². The molecule has 0 spiro atoms. The van der Waals surface area contributed by atoms with E-state index in [2.05, 4.69) is 5.73 Å². The molecule has 0 bridgehead atoms. The number of rotatable bonds is 4. The van der Waals surface area contributed by atoms with Gasteiger partial charge in [-0.2, -0.15) is 0 Å². The van der Waals surface area contributed by atoms with Gasteiger partial charge in [0.05, 0.1) is 6.54 Å². The van der Waals surface area contributed by atoms with E-state index in [9.17, 15) is 17.7 Å². The molecule has 2 N–H and O–H groups in total. The van der Waals surface area contributed by atoms with Crippen LogP contribution in [0.15, 0.2) is 0 Å². The maximum Gasteiger partial charge on any atom is 1.00 e. The van der Waals surface area contributed by atoms with E-state index in [0.29, 0.717) is 0 Å². The number of nitrogens with two attached hydrogens (primary N) is 1. The number of halogens is 3. The average molecular weight is 208 g/mol. The third kappa shape index (κ3) is 10.9. The van der Waals surface area contributed by atoms with E-state index < -0.39 is 19.3 Å². The Morgan fingerprint density at radius 3 is 2.17 bits per heavy atom. The summed E-state index contributed by atoms with van der Waals surface area (Å²) >= 11 is 0. The average Bonchev–Trinajstić information content (AvgIpc) is 1.53. The largest absolute Gasteiger partial charge is 1.00 e. The maximum absolute atomic E-state index is 11.6. The molecule has 0 rings (SSSR count). The van der Waals surface area contributed by atoms with Gasteiger partial charge in [0.25, 0.3) is 0 Å². The minimum absolute atomic E-state index is 0. The molecule has 0 heterocycles. The third-order valence-electron chi connectivity index (χ3n) is 0.944. The van der Waals surface area contributed by atoms with Crippen LogP contribution in [0.1, 0.15) is 0 Å².